The second-order valence-electron chi connectivity index (χ2n) is 8.72. The number of amides is 1. The van der Waals surface area contributed by atoms with E-state index in [-0.39, 0.29) is 5.91 Å². The van der Waals surface area contributed by atoms with Crippen molar-refractivity contribution in [2.45, 2.75) is 6.92 Å². The van der Waals surface area contributed by atoms with Crippen molar-refractivity contribution < 1.29 is 9.53 Å². The summed E-state index contributed by atoms with van der Waals surface area (Å²) in [6, 6.07) is 20.6. The van der Waals surface area contributed by atoms with Gasteiger partial charge in [-0.25, -0.2) is 0 Å². The zero-order valence-electron chi connectivity index (χ0n) is 19.7. The van der Waals surface area contributed by atoms with Crippen LogP contribution in [0.25, 0.3) is 11.1 Å². The summed E-state index contributed by atoms with van der Waals surface area (Å²) in [5.41, 5.74) is 4.28. The zero-order valence-corrected chi connectivity index (χ0v) is 20.5. The van der Waals surface area contributed by atoms with Crippen LogP contribution in [0, 0.1) is 0 Å². The first kappa shape index (κ1) is 22.9. The van der Waals surface area contributed by atoms with Crippen LogP contribution in [0.2, 0.25) is 0 Å². The molecule has 0 atom stereocenters. The minimum atomic E-state index is -0.0639. The maximum atomic E-state index is 13.2. The molecule has 0 aliphatic carbocycles. The second-order valence-corrected chi connectivity index (χ2v) is 9.75. The molecule has 3 aromatic rings. The van der Waals surface area contributed by atoms with E-state index in [0.29, 0.717) is 13.2 Å². The molecule has 5 rings (SSSR count). The molecule has 2 saturated heterocycles. The summed E-state index contributed by atoms with van der Waals surface area (Å²) in [7, 11) is 0. The van der Waals surface area contributed by atoms with Gasteiger partial charge in [-0.2, -0.15) is 0 Å². The van der Waals surface area contributed by atoms with Crippen molar-refractivity contribution in [1.29, 1.82) is 0 Å². The number of morpholine rings is 1. The van der Waals surface area contributed by atoms with Crippen LogP contribution in [0.4, 0.5) is 16.4 Å². The topological polar surface area (TPSA) is 48.0 Å². The van der Waals surface area contributed by atoms with Crippen LogP contribution in [-0.2, 0) is 4.74 Å². The Morgan fingerprint density at radius 2 is 1.62 bits per heavy atom. The number of rotatable bonds is 6. The molecule has 0 spiro atoms. The molecular weight excluding hydrogens is 444 g/mol. The zero-order chi connectivity index (χ0) is 23.3. The molecule has 0 bridgehead atoms. The molecule has 6 nitrogen and oxygen atoms in total. The fraction of sp³-hybridized carbons (Fsp3) is 0.370. The van der Waals surface area contributed by atoms with Crippen molar-refractivity contribution in [3.63, 3.8) is 0 Å². The van der Waals surface area contributed by atoms with E-state index < -0.39 is 0 Å². The minimum absolute atomic E-state index is 0.0639. The predicted octanol–water partition coefficient (Wildman–Crippen LogP) is 4.65. The quantitative estimate of drug-likeness (QED) is 0.561. The van der Waals surface area contributed by atoms with Crippen molar-refractivity contribution in [3.8, 4) is 11.1 Å². The lowest BCUT2D eigenvalue weighted by Gasteiger charge is -2.35. The summed E-state index contributed by atoms with van der Waals surface area (Å²) in [5, 5.41) is 4.24. The molecule has 2 aliphatic heterocycles. The van der Waals surface area contributed by atoms with E-state index in [4.69, 9.17) is 4.74 Å². The summed E-state index contributed by atoms with van der Waals surface area (Å²) in [5.74, 6) is -0.0639. The number of ether oxygens (including phenoxy) is 1. The van der Waals surface area contributed by atoms with Crippen LogP contribution in [0.5, 0.6) is 0 Å². The van der Waals surface area contributed by atoms with Crippen molar-refractivity contribution in [2.75, 3.05) is 74.1 Å². The van der Waals surface area contributed by atoms with E-state index in [1.807, 2.05) is 36.4 Å². The highest BCUT2D eigenvalue weighted by Crippen LogP contribution is 2.39. The number of carbonyl (C=O) groups excluding carboxylic acids is 1. The Kier molecular flexibility index (Phi) is 7.13. The molecule has 3 heterocycles. The summed E-state index contributed by atoms with van der Waals surface area (Å²) < 4.78 is 5.54. The molecular formula is C27H32N4O2S. The first-order valence-electron chi connectivity index (χ1n) is 12.1. The average molecular weight is 477 g/mol. The Morgan fingerprint density at radius 1 is 0.912 bits per heavy atom. The van der Waals surface area contributed by atoms with E-state index in [0.717, 1.165) is 72.5 Å². The van der Waals surface area contributed by atoms with Crippen LogP contribution in [-0.4, -0.2) is 69.8 Å². The lowest BCUT2D eigenvalue weighted by atomic mass is 10.1. The van der Waals surface area contributed by atoms with Crippen LogP contribution in [0.3, 0.4) is 0 Å². The first-order valence-corrected chi connectivity index (χ1v) is 12.9. The molecule has 2 aliphatic rings. The van der Waals surface area contributed by atoms with Gasteiger partial charge in [-0.05, 0) is 42.4 Å². The smallest absolute Gasteiger partial charge is 0.265 e. The summed E-state index contributed by atoms with van der Waals surface area (Å²) in [6.07, 6.45) is 0. The molecule has 2 fully saturated rings. The Balaban J connectivity index is 1.31. The molecule has 0 saturated carbocycles. The number of hydrogen-bond donors (Lipinski definition) is 1. The SMILES string of the molecule is CCN1CCN(c2ccc(NC(=O)c3cc(-c4ccccc4)c(N4CCOCC4)s3)cc2)CC1. The second kappa shape index (κ2) is 10.6. The maximum Gasteiger partial charge on any atom is 0.265 e. The van der Waals surface area contributed by atoms with Crippen molar-refractivity contribution in [1.82, 2.24) is 4.90 Å². The molecule has 34 heavy (non-hydrogen) atoms. The van der Waals surface area contributed by atoms with Gasteiger partial charge in [-0.3, -0.25) is 4.79 Å². The Morgan fingerprint density at radius 3 is 2.29 bits per heavy atom. The number of likely N-dealkylation sites (N-methyl/N-ethyl adjacent to an activating group) is 1. The third-order valence-corrected chi connectivity index (χ3v) is 7.82. The van der Waals surface area contributed by atoms with Gasteiger partial charge in [0, 0.05) is 56.2 Å². The molecule has 1 aromatic heterocycles. The Bertz CT molecular complexity index is 1090. The molecule has 0 radical (unpaired) electrons. The van der Waals surface area contributed by atoms with E-state index in [9.17, 15) is 4.79 Å². The lowest BCUT2D eigenvalue weighted by molar-refractivity contribution is 0.103. The summed E-state index contributed by atoms with van der Waals surface area (Å²) in [6.45, 7) is 10.7. The lowest BCUT2D eigenvalue weighted by Crippen LogP contribution is -2.46. The normalized spacial score (nSPS) is 17.1. The van der Waals surface area contributed by atoms with Crippen molar-refractivity contribution >= 4 is 33.6 Å². The van der Waals surface area contributed by atoms with Crippen LogP contribution in [0.1, 0.15) is 16.6 Å². The fourth-order valence-corrected chi connectivity index (χ4v) is 5.72. The summed E-state index contributed by atoms with van der Waals surface area (Å²) in [4.78, 5) is 21.1. The highest BCUT2D eigenvalue weighted by molar-refractivity contribution is 7.18. The Hall–Kier alpha value is -2.87. The van der Waals surface area contributed by atoms with Gasteiger partial charge in [0.15, 0.2) is 0 Å². The predicted molar refractivity (Wildman–Crippen MR) is 142 cm³/mol. The highest BCUT2D eigenvalue weighted by atomic mass is 32.1. The van der Waals surface area contributed by atoms with Gasteiger partial charge < -0.3 is 24.8 Å². The third kappa shape index (κ3) is 5.12. The number of hydrogen-bond acceptors (Lipinski definition) is 6. The van der Waals surface area contributed by atoms with Gasteiger partial charge in [0.1, 0.15) is 0 Å². The number of carbonyl (C=O) groups is 1. The standard InChI is InChI=1S/C27H32N4O2S/c1-2-29-12-14-30(15-13-29)23-10-8-22(9-11-23)28-26(32)25-20-24(21-6-4-3-5-7-21)27(34-25)31-16-18-33-19-17-31/h3-11,20H,2,12-19H2,1H3,(H,28,32). The van der Waals surface area contributed by atoms with Crippen LogP contribution in [0.15, 0.2) is 60.7 Å². The van der Waals surface area contributed by atoms with Crippen LogP contribution >= 0.6 is 11.3 Å². The van der Waals surface area contributed by atoms with Crippen molar-refractivity contribution in [3.05, 3.63) is 65.5 Å². The number of nitrogens with zero attached hydrogens (tertiary/aromatic N) is 3. The molecule has 178 valence electrons. The minimum Gasteiger partial charge on any atom is -0.378 e. The first-order chi connectivity index (χ1) is 16.7. The monoisotopic (exact) mass is 476 g/mol. The molecule has 0 unspecified atom stereocenters. The van der Waals surface area contributed by atoms with Gasteiger partial charge in [0.05, 0.1) is 23.1 Å². The largest absolute Gasteiger partial charge is 0.378 e. The fourth-order valence-electron chi connectivity index (χ4n) is 4.59. The van der Waals surface area contributed by atoms with Crippen LogP contribution < -0.4 is 15.1 Å². The molecule has 1 amide bonds. The molecule has 7 heteroatoms. The van der Waals surface area contributed by atoms with Gasteiger partial charge >= 0.3 is 0 Å². The summed E-state index contributed by atoms with van der Waals surface area (Å²) >= 11 is 1.56. The van der Waals surface area contributed by atoms with E-state index in [2.05, 4.69) is 51.2 Å². The van der Waals surface area contributed by atoms with Gasteiger partial charge in [-0.1, -0.05) is 37.3 Å². The maximum absolute atomic E-state index is 13.2. The average Bonchev–Trinajstić information content (AvgIpc) is 3.36. The van der Waals surface area contributed by atoms with Gasteiger partial charge in [-0.15, -0.1) is 11.3 Å². The number of piperazine rings is 1. The highest BCUT2D eigenvalue weighted by Gasteiger charge is 2.22. The number of benzene rings is 2. The third-order valence-electron chi connectivity index (χ3n) is 6.63. The number of nitrogens with one attached hydrogen (secondary N) is 1. The van der Waals surface area contributed by atoms with E-state index >= 15 is 0 Å². The molecule has 1 N–H and O–H groups in total. The number of anilines is 3. The molecule has 2 aromatic carbocycles. The van der Waals surface area contributed by atoms with E-state index in [1.54, 1.807) is 11.3 Å². The number of thiophene rings is 1. The van der Waals surface area contributed by atoms with Gasteiger partial charge in [0.2, 0.25) is 0 Å². The van der Waals surface area contributed by atoms with E-state index in [1.165, 1.54) is 5.69 Å². The Labute approximate surface area is 205 Å². The van der Waals surface area contributed by atoms with Gasteiger partial charge in [0.25, 0.3) is 5.91 Å². The van der Waals surface area contributed by atoms with Crippen molar-refractivity contribution in [2.24, 2.45) is 0 Å².